The topological polar surface area (TPSA) is 58.6 Å². The highest BCUT2D eigenvalue weighted by molar-refractivity contribution is 6.48. The fraction of sp³-hybridized carbons (Fsp3) is 0.0833. The van der Waals surface area contributed by atoms with Crippen molar-refractivity contribution in [2.24, 2.45) is 0 Å². The Bertz CT molecular complexity index is 1120. The molecular formula is C24H19ClN2O3. The van der Waals surface area contributed by atoms with Crippen molar-refractivity contribution in [1.29, 1.82) is 0 Å². The Morgan fingerprint density at radius 2 is 1.53 bits per heavy atom. The number of anilines is 2. The summed E-state index contributed by atoms with van der Waals surface area (Å²) < 4.78 is 5.46. The van der Waals surface area contributed by atoms with Crippen molar-refractivity contribution in [1.82, 2.24) is 0 Å². The van der Waals surface area contributed by atoms with Crippen molar-refractivity contribution in [3.8, 4) is 5.75 Å². The number of para-hydroxylation sites is 1. The second-order valence-electron chi connectivity index (χ2n) is 6.60. The van der Waals surface area contributed by atoms with Gasteiger partial charge in [0.2, 0.25) is 0 Å². The summed E-state index contributed by atoms with van der Waals surface area (Å²) in [5.41, 5.74) is 2.18. The van der Waals surface area contributed by atoms with E-state index in [-0.39, 0.29) is 5.70 Å². The summed E-state index contributed by atoms with van der Waals surface area (Å²) in [6.45, 7) is 2.48. The van der Waals surface area contributed by atoms with Crippen LogP contribution in [0.15, 0.2) is 84.6 Å². The lowest BCUT2D eigenvalue weighted by molar-refractivity contribution is -0.120. The molecule has 3 aromatic rings. The number of imide groups is 1. The summed E-state index contributed by atoms with van der Waals surface area (Å²) in [7, 11) is 0. The number of halogens is 1. The molecule has 150 valence electrons. The van der Waals surface area contributed by atoms with Gasteiger partial charge in [0, 0.05) is 5.69 Å². The second-order valence-corrected chi connectivity index (χ2v) is 7.00. The second kappa shape index (κ2) is 8.43. The highest BCUT2D eigenvalue weighted by Crippen LogP contribution is 2.36. The molecule has 30 heavy (non-hydrogen) atoms. The molecule has 0 saturated carbocycles. The first-order valence-corrected chi connectivity index (χ1v) is 9.91. The van der Waals surface area contributed by atoms with Crippen molar-refractivity contribution in [2.45, 2.75) is 6.92 Å². The number of nitrogens with one attached hydrogen (secondary N) is 1. The average molecular weight is 419 g/mol. The van der Waals surface area contributed by atoms with Crippen LogP contribution >= 0.6 is 11.6 Å². The van der Waals surface area contributed by atoms with Gasteiger partial charge in [0.15, 0.2) is 0 Å². The number of amides is 2. The van der Waals surface area contributed by atoms with Gasteiger partial charge in [-0.15, -0.1) is 0 Å². The molecule has 1 aliphatic rings. The first-order valence-electron chi connectivity index (χ1n) is 9.53. The van der Waals surface area contributed by atoms with Crippen LogP contribution in [0.3, 0.4) is 0 Å². The third-order valence-corrected chi connectivity index (χ3v) is 4.99. The number of nitrogens with zero attached hydrogens (tertiary/aromatic N) is 1. The Hall–Kier alpha value is -3.57. The van der Waals surface area contributed by atoms with Gasteiger partial charge in [-0.1, -0.05) is 54.1 Å². The van der Waals surface area contributed by atoms with Gasteiger partial charge in [-0.05, 0) is 48.9 Å². The van der Waals surface area contributed by atoms with Gasteiger partial charge in [-0.2, -0.15) is 0 Å². The molecule has 1 N–H and O–H groups in total. The van der Waals surface area contributed by atoms with Gasteiger partial charge in [-0.25, -0.2) is 4.90 Å². The Balaban J connectivity index is 1.77. The minimum absolute atomic E-state index is 0.204. The van der Waals surface area contributed by atoms with Crippen LogP contribution in [0.25, 0.3) is 5.57 Å². The summed E-state index contributed by atoms with van der Waals surface area (Å²) in [5, 5.41) is 3.45. The zero-order valence-corrected chi connectivity index (χ0v) is 17.0. The van der Waals surface area contributed by atoms with Gasteiger partial charge in [0.05, 0.1) is 22.9 Å². The average Bonchev–Trinajstić information content (AvgIpc) is 3.00. The van der Waals surface area contributed by atoms with E-state index < -0.39 is 11.8 Å². The minimum atomic E-state index is -0.458. The van der Waals surface area contributed by atoms with Crippen LogP contribution in [0.5, 0.6) is 5.75 Å². The number of carbonyl (C=O) groups is 2. The van der Waals surface area contributed by atoms with E-state index in [1.807, 2.05) is 37.3 Å². The molecule has 0 spiro atoms. The van der Waals surface area contributed by atoms with Crippen molar-refractivity contribution in [3.63, 3.8) is 0 Å². The molecule has 0 fully saturated rings. The zero-order valence-electron chi connectivity index (χ0n) is 16.3. The van der Waals surface area contributed by atoms with E-state index in [0.29, 0.717) is 34.1 Å². The molecule has 3 aromatic carbocycles. The number of rotatable bonds is 6. The summed E-state index contributed by atoms with van der Waals surface area (Å²) in [6.07, 6.45) is 0. The van der Waals surface area contributed by atoms with E-state index in [0.717, 1.165) is 10.6 Å². The molecule has 6 heteroatoms. The predicted molar refractivity (Wildman–Crippen MR) is 119 cm³/mol. The summed E-state index contributed by atoms with van der Waals surface area (Å²) in [6, 6.07) is 23.1. The Morgan fingerprint density at radius 1 is 0.867 bits per heavy atom. The van der Waals surface area contributed by atoms with E-state index in [2.05, 4.69) is 5.32 Å². The molecule has 0 radical (unpaired) electrons. The van der Waals surface area contributed by atoms with Crippen LogP contribution < -0.4 is 15.0 Å². The zero-order chi connectivity index (χ0) is 21.1. The minimum Gasteiger partial charge on any atom is -0.494 e. The number of carbonyl (C=O) groups excluding carboxylic acids is 2. The largest absolute Gasteiger partial charge is 0.494 e. The Labute approximate surface area is 179 Å². The maximum atomic E-state index is 13.3. The number of benzene rings is 3. The highest BCUT2D eigenvalue weighted by Gasteiger charge is 2.40. The van der Waals surface area contributed by atoms with Crippen LogP contribution in [0.4, 0.5) is 11.4 Å². The SMILES string of the molecule is CCOc1ccc(NC2=C(c3ccccc3)C(=O)N(c3ccccc3Cl)C2=O)cc1. The quantitative estimate of drug-likeness (QED) is 0.563. The normalized spacial score (nSPS) is 13.7. The molecule has 0 atom stereocenters. The third kappa shape index (κ3) is 3.67. The van der Waals surface area contributed by atoms with E-state index in [4.69, 9.17) is 16.3 Å². The molecular weight excluding hydrogens is 400 g/mol. The van der Waals surface area contributed by atoms with Gasteiger partial charge in [0.25, 0.3) is 11.8 Å². The molecule has 1 heterocycles. The fourth-order valence-corrected chi connectivity index (χ4v) is 3.54. The first kappa shape index (κ1) is 19.7. The molecule has 0 bridgehead atoms. The molecule has 1 aliphatic heterocycles. The smallest absolute Gasteiger partial charge is 0.282 e. The maximum Gasteiger partial charge on any atom is 0.282 e. The monoisotopic (exact) mass is 418 g/mol. The molecule has 0 aliphatic carbocycles. The Kier molecular flexibility index (Phi) is 5.55. The van der Waals surface area contributed by atoms with E-state index in [1.165, 1.54) is 0 Å². The summed E-state index contributed by atoms with van der Waals surface area (Å²) in [4.78, 5) is 27.8. The van der Waals surface area contributed by atoms with Crippen molar-refractivity contribution in [2.75, 3.05) is 16.8 Å². The van der Waals surface area contributed by atoms with Crippen LogP contribution in [0.1, 0.15) is 12.5 Å². The van der Waals surface area contributed by atoms with Crippen molar-refractivity contribution in [3.05, 3.63) is 95.1 Å². The lowest BCUT2D eigenvalue weighted by Crippen LogP contribution is -2.32. The van der Waals surface area contributed by atoms with Gasteiger partial charge >= 0.3 is 0 Å². The molecule has 0 saturated heterocycles. The lowest BCUT2D eigenvalue weighted by atomic mass is 10.0. The molecule has 5 nitrogen and oxygen atoms in total. The van der Waals surface area contributed by atoms with E-state index >= 15 is 0 Å². The lowest BCUT2D eigenvalue weighted by Gasteiger charge is -2.16. The van der Waals surface area contributed by atoms with Gasteiger partial charge in [0.1, 0.15) is 11.4 Å². The van der Waals surface area contributed by atoms with Crippen LogP contribution in [-0.4, -0.2) is 18.4 Å². The molecule has 4 rings (SSSR count). The Morgan fingerprint density at radius 3 is 2.20 bits per heavy atom. The van der Waals surface area contributed by atoms with Gasteiger partial charge in [-0.3, -0.25) is 9.59 Å². The fourth-order valence-electron chi connectivity index (χ4n) is 3.32. The number of hydrogen-bond acceptors (Lipinski definition) is 4. The molecule has 0 aromatic heterocycles. The first-order chi connectivity index (χ1) is 14.6. The van der Waals surface area contributed by atoms with Gasteiger partial charge < -0.3 is 10.1 Å². The highest BCUT2D eigenvalue weighted by atomic mass is 35.5. The number of hydrogen-bond donors (Lipinski definition) is 1. The third-order valence-electron chi connectivity index (χ3n) is 4.67. The maximum absolute atomic E-state index is 13.3. The van der Waals surface area contributed by atoms with Crippen molar-refractivity contribution >= 4 is 40.4 Å². The van der Waals surface area contributed by atoms with E-state index in [9.17, 15) is 9.59 Å². The van der Waals surface area contributed by atoms with Crippen LogP contribution in [0.2, 0.25) is 5.02 Å². The number of ether oxygens (including phenoxy) is 1. The predicted octanol–water partition coefficient (Wildman–Crippen LogP) is 5.14. The van der Waals surface area contributed by atoms with Crippen LogP contribution in [-0.2, 0) is 9.59 Å². The summed E-state index contributed by atoms with van der Waals surface area (Å²) in [5.74, 6) is -0.152. The van der Waals surface area contributed by atoms with Crippen LogP contribution in [0, 0.1) is 0 Å². The molecule has 2 amide bonds. The molecule has 0 unspecified atom stereocenters. The summed E-state index contributed by atoms with van der Waals surface area (Å²) >= 11 is 6.28. The standard InChI is InChI=1S/C24H19ClN2O3/c1-2-30-18-14-12-17(13-15-18)26-22-21(16-8-4-3-5-9-16)23(28)27(24(22)29)20-11-7-6-10-19(20)25/h3-15,26H,2H2,1H3. The van der Waals surface area contributed by atoms with Crippen molar-refractivity contribution < 1.29 is 14.3 Å². The van der Waals surface area contributed by atoms with E-state index in [1.54, 1.807) is 48.5 Å².